The summed E-state index contributed by atoms with van der Waals surface area (Å²) in [4.78, 5) is 17.0. The van der Waals surface area contributed by atoms with Crippen molar-refractivity contribution in [1.82, 2.24) is 9.55 Å². The number of hydrogen-bond acceptors (Lipinski definition) is 6. The summed E-state index contributed by atoms with van der Waals surface area (Å²) in [6.07, 6.45) is 0. The molecule has 0 saturated heterocycles. The number of nitriles is 1. The number of hydrogen-bond donors (Lipinski definition) is 1. The van der Waals surface area contributed by atoms with Gasteiger partial charge in [0.15, 0.2) is 5.43 Å². The molecule has 10 heteroatoms. The third-order valence-electron chi connectivity index (χ3n) is 6.00. The molecule has 36 heavy (non-hydrogen) atoms. The smallest absolute Gasteiger partial charge is 0.488 e. The summed E-state index contributed by atoms with van der Waals surface area (Å²) in [6.45, 7) is 4.61. The van der Waals surface area contributed by atoms with Crippen molar-refractivity contribution in [2.45, 2.75) is 20.4 Å². The largest absolute Gasteiger partial charge is 0.493 e. The summed E-state index contributed by atoms with van der Waals surface area (Å²) in [5.41, 5.74) is 3.32. The van der Waals surface area contributed by atoms with Gasteiger partial charge in [-0.1, -0.05) is 22.1 Å². The van der Waals surface area contributed by atoms with E-state index in [1.54, 1.807) is 36.4 Å². The van der Waals surface area contributed by atoms with E-state index < -0.39 is 10.5 Å². The molecule has 0 aliphatic heterocycles. The number of rotatable bonds is 6. The summed E-state index contributed by atoms with van der Waals surface area (Å²) in [5, 5.41) is 11.0. The molecule has 3 aromatic carbocycles. The minimum absolute atomic E-state index is 0.186. The van der Waals surface area contributed by atoms with Crippen molar-refractivity contribution in [2.75, 3.05) is 6.61 Å². The minimum atomic E-state index is -5.19. The Balaban J connectivity index is 1.85. The molecule has 0 saturated carbocycles. The normalized spacial score (nSPS) is 11.7. The van der Waals surface area contributed by atoms with Crippen LogP contribution in [0.1, 0.15) is 19.4 Å². The van der Waals surface area contributed by atoms with Crippen molar-refractivity contribution in [1.29, 1.82) is 5.26 Å². The van der Waals surface area contributed by atoms with E-state index in [9.17, 15) is 22.4 Å². The molecule has 5 rings (SSSR count). The highest BCUT2D eigenvalue weighted by molar-refractivity contribution is 7.81. The summed E-state index contributed by atoms with van der Waals surface area (Å²) >= 11 is 0. The highest BCUT2D eigenvalue weighted by atomic mass is 32.3. The quantitative estimate of drug-likeness (QED) is 0.318. The molecule has 0 bridgehead atoms. The molecule has 2 heterocycles. The van der Waals surface area contributed by atoms with Gasteiger partial charge in [-0.2, -0.15) is 13.7 Å². The van der Waals surface area contributed by atoms with Gasteiger partial charge in [-0.15, -0.1) is 0 Å². The standard InChI is InChI=1S/C26H20FN3O5S/c1-3-30-22-12-19(16-6-5-7-17(11-16)35-36(27,32)33)23(34-4-2)13-20(22)25(31)24-18-9-8-15(14-28)10-21(18)29-26(24)30/h5-13,29H,3-4H2,1-2H3. The second-order valence-corrected chi connectivity index (χ2v) is 9.05. The SMILES string of the molecule is CCOc1cc2c(=O)c3c4ccc(C#N)cc4[nH]c3n(CC)c2cc1-c1cccc(OS(=O)(=O)F)c1. The average Bonchev–Trinajstić information content (AvgIpc) is 3.22. The van der Waals surface area contributed by atoms with Crippen molar-refractivity contribution in [3.63, 3.8) is 0 Å². The van der Waals surface area contributed by atoms with Crippen LogP contribution in [0.15, 0.2) is 59.4 Å². The van der Waals surface area contributed by atoms with Crippen LogP contribution in [0.2, 0.25) is 0 Å². The maximum absolute atomic E-state index is 13.7. The number of pyridine rings is 1. The van der Waals surface area contributed by atoms with Crippen LogP contribution in [0.25, 0.3) is 44.0 Å². The summed E-state index contributed by atoms with van der Waals surface area (Å²) in [7, 11) is -5.19. The molecule has 8 nitrogen and oxygen atoms in total. The third-order valence-corrected chi connectivity index (χ3v) is 6.39. The predicted octanol–water partition coefficient (Wildman–Crippen LogP) is 5.19. The van der Waals surface area contributed by atoms with E-state index >= 15 is 0 Å². The average molecular weight is 506 g/mol. The number of halogens is 1. The number of nitrogens with zero attached hydrogens (tertiary/aromatic N) is 2. The number of aromatic nitrogens is 2. The number of benzene rings is 3. The van der Waals surface area contributed by atoms with E-state index in [1.165, 1.54) is 18.2 Å². The van der Waals surface area contributed by atoms with Gasteiger partial charge in [-0.3, -0.25) is 4.79 Å². The summed E-state index contributed by atoms with van der Waals surface area (Å²) in [6, 6.07) is 16.7. The van der Waals surface area contributed by atoms with Gasteiger partial charge < -0.3 is 18.5 Å². The molecular weight excluding hydrogens is 485 g/mol. The minimum Gasteiger partial charge on any atom is -0.493 e. The Morgan fingerprint density at radius 1 is 1.08 bits per heavy atom. The number of aryl methyl sites for hydroxylation is 1. The van der Waals surface area contributed by atoms with E-state index in [2.05, 4.69) is 15.2 Å². The van der Waals surface area contributed by atoms with Crippen LogP contribution in [0.5, 0.6) is 11.5 Å². The Labute approximate surface area is 205 Å². The first-order valence-electron chi connectivity index (χ1n) is 11.2. The lowest BCUT2D eigenvalue weighted by Crippen LogP contribution is -2.11. The molecule has 0 aliphatic carbocycles. The van der Waals surface area contributed by atoms with Crippen molar-refractivity contribution in [3.8, 4) is 28.7 Å². The Morgan fingerprint density at radius 2 is 1.89 bits per heavy atom. The van der Waals surface area contributed by atoms with E-state index in [0.29, 0.717) is 63.0 Å². The maximum Gasteiger partial charge on any atom is 0.488 e. The number of aromatic amines is 1. The summed E-state index contributed by atoms with van der Waals surface area (Å²) < 4.78 is 47.3. The van der Waals surface area contributed by atoms with Crippen LogP contribution >= 0.6 is 0 Å². The Bertz CT molecular complexity index is 1880. The van der Waals surface area contributed by atoms with Crippen molar-refractivity contribution in [3.05, 3.63) is 70.4 Å². The zero-order valence-corrected chi connectivity index (χ0v) is 20.1. The van der Waals surface area contributed by atoms with Gasteiger partial charge in [-0.05, 0) is 55.8 Å². The molecule has 0 fully saturated rings. The Morgan fingerprint density at radius 3 is 2.58 bits per heavy atom. The first-order chi connectivity index (χ1) is 17.2. The van der Waals surface area contributed by atoms with Crippen LogP contribution in [0.4, 0.5) is 3.89 Å². The van der Waals surface area contributed by atoms with Crippen molar-refractivity contribution in [2.24, 2.45) is 0 Å². The van der Waals surface area contributed by atoms with E-state index in [-0.39, 0.29) is 11.2 Å². The lowest BCUT2D eigenvalue weighted by atomic mass is 10.0. The van der Waals surface area contributed by atoms with Crippen LogP contribution in [-0.4, -0.2) is 24.6 Å². The van der Waals surface area contributed by atoms with Gasteiger partial charge >= 0.3 is 10.5 Å². The van der Waals surface area contributed by atoms with Crippen molar-refractivity contribution >= 4 is 43.3 Å². The number of ether oxygens (including phenoxy) is 1. The highest BCUT2D eigenvalue weighted by Gasteiger charge is 2.19. The van der Waals surface area contributed by atoms with E-state index in [4.69, 9.17) is 4.74 Å². The topological polar surface area (TPSA) is 114 Å². The molecule has 5 aromatic rings. The lowest BCUT2D eigenvalue weighted by molar-refractivity contribution is 0.342. The van der Waals surface area contributed by atoms with E-state index in [0.717, 1.165) is 5.39 Å². The second-order valence-electron chi connectivity index (χ2n) is 8.10. The van der Waals surface area contributed by atoms with Gasteiger partial charge in [0.2, 0.25) is 0 Å². The van der Waals surface area contributed by atoms with Gasteiger partial charge in [0.05, 0.1) is 34.5 Å². The molecular formula is C26H20FN3O5S. The molecule has 2 aromatic heterocycles. The molecule has 0 amide bonds. The zero-order chi connectivity index (χ0) is 25.6. The van der Waals surface area contributed by atoms with E-state index in [1.807, 2.05) is 18.4 Å². The number of H-pyrrole nitrogens is 1. The first kappa shape index (κ1) is 23.4. The molecule has 0 unspecified atom stereocenters. The summed E-state index contributed by atoms with van der Waals surface area (Å²) in [5.74, 6) is 0.223. The molecule has 0 aliphatic rings. The first-order valence-corrected chi connectivity index (χ1v) is 12.5. The number of nitrogens with one attached hydrogen (secondary N) is 1. The van der Waals surface area contributed by atoms with Gasteiger partial charge in [0, 0.05) is 23.0 Å². The zero-order valence-electron chi connectivity index (χ0n) is 19.3. The molecule has 0 spiro atoms. The van der Waals surface area contributed by atoms with Crippen LogP contribution in [0.3, 0.4) is 0 Å². The van der Waals surface area contributed by atoms with Gasteiger partial charge in [0.1, 0.15) is 17.1 Å². The Kier molecular flexibility index (Phi) is 5.65. The fourth-order valence-electron chi connectivity index (χ4n) is 4.57. The van der Waals surface area contributed by atoms with Crippen LogP contribution < -0.4 is 14.3 Å². The van der Waals surface area contributed by atoms with Gasteiger partial charge in [-0.25, -0.2) is 0 Å². The molecule has 0 atom stereocenters. The molecule has 1 N–H and O–H groups in total. The van der Waals surface area contributed by atoms with Crippen LogP contribution in [0, 0.1) is 11.3 Å². The number of fused-ring (bicyclic) bond motifs is 4. The lowest BCUT2D eigenvalue weighted by Gasteiger charge is -2.16. The third kappa shape index (κ3) is 3.93. The second kappa shape index (κ2) is 8.70. The van der Waals surface area contributed by atoms with Crippen LogP contribution in [-0.2, 0) is 17.0 Å². The fourth-order valence-corrected chi connectivity index (χ4v) is 4.91. The fraction of sp³-hybridized carbons (Fsp3) is 0.154. The Hall–Kier alpha value is -4.36. The highest BCUT2D eigenvalue weighted by Crippen LogP contribution is 2.37. The van der Waals surface area contributed by atoms with Gasteiger partial charge in [0.25, 0.3) is 0 Å². The predicted molar refractivity (Wildman–Crippen MR) is 135 cm³/mol. The molecule has 0 radical (unpaired) electrons. The van der Waals surface area contributed by atoms with Crippen molar-refractivity contribution < 1.29 is 21.2 Å². The molecule has 182 valence electrons. The monoisotopic (exact) mass is 505 g/mol. The maximum atomic E-state index is 13.7.